The second kappa shape index (κ2) is 5.68. The Morgan fingerprint density at radius 2 is 1.03 bits per heavy atom. The summed E-state index contributed by atoms with van der Waals surface area (Å²) in [5, 5.41) is 10.5. The van der Waals surface area contributed by atoms with E-state index in [1.807, 2.05) is 0 Å². The highest BCUT2D eigenvalue weighted by molar-refractivity contribution is 6.38. The molecule has 0 saturated heterocycles. The number of fused-ring (bicyclic) bond motifs is 3. The van der Waals surface area contributed by atoms with Crippen LogP contribution in [-0.2, 0) is 0 Å². The van der Waals surface area contributed by atoms with E-state index in [4.69, 9.17) is 0 Å². The standard InChI is InChI=1S/C30H18N2/c1-2-8-18(9-3-1)32-25-15-7-13-22-20-11-5-4-10-19(20)21-12-6-14-23-27(21)29-24(31-23)16-17-26(32)30(29)28(22)25/h1-17,31H. The molecule has 0 aliphatic rings. The van der Waals surface area contributed by atoms with E-state index in [-0.39, 0.29) is 0 Å². The summed E-state index contributed by atoms with van der Waals surface area (Å²) in [5.74, 6) is 0. The second-order valence-corrected chi connectivity index (χ2v) is 8.65. The van der Waals surface area contributed by atoms with E-state index in [9.17, 15) is 0 Å². The summed E-state index contributed by atoms with van der Waals surface area (Å²) in [6, 6.07) is 37.5. The maximum Gasteiger partial charge on any atom is 0.0549 e. The summed E-state index contributed by atoms with van der Waals surface area (Å²) in [4.78, 5) is 3.70. The molecule has 6 aromatic carbocycles. The molecular weight excluding hydrogens is 388 g/mol. The Bertz CT molecular complexity index is 1970. The molecule has 0 radical (unpaired) electrons. The van der Waals surface area contributed by atoms with Crippen LogP contribution in [0.2, 0.25) is 0 Å². The van der Waals surface area contributed by atoms with E-state index < -0.39 is 0 Å². The van der Waals surface area contributed by atoms with Crippen LogP contribution < -0.4 is 0 Å². The predicted molar refractivity (Wildman–Crippen MR) is 136 cm³/mol. The zero-order valence-electron chi connectivity index (χ0n) is 17.3. The topological polar surface area (TPSA) is 20.7 Å². The van der Waals surface area contributed by atoms with Crippen molar-refractivity contribution in [3.63, 3.8) is 0 Å². The molecule has 2 aromatic heterocycles. The van der Waals surface area contributed by atoms with Crippen molar-refractivity contribution < 1.29 is 0 Å². The van der Waals surface area contributed by atoms with Gasteiger partial charge in [0.15, 0.2) is 0 Å². The number of hydrogen-bond acceptors (Lipinski definition) is 0. The summed E-state index contributed by atoms with van der Waals surface area (Å²) in [6.45, 7) is 0. The number of aromatic nitrogens is 2. The van der Waals surface area contributed by atoms with Crippen LogP contribution in [0.3, 0.4) is 0 Å². The van der Waals surface area contributed by atoms with Crippen LogP contribution in [-0.4, -0.2) is 9.55 Å². The van der Waals surface area contributed by atoms with Gasteiger partial charge in [-0.2, -0.15) is 0 Å². The largest absolute Gasteiger partial charge is 0.354 e. The first-order chi connectivity index (χ1) is 15.9. The Balaban J connectivity index is 1.83. The van der Waals surface area contributed by atoms with Gasteiger partial charge in [0.2, 0.25) is 0 Å². The van der Waals surface area contributed by atoms with Crippen molar-refractivity contribution in [1.82, 2.24) is 9.55 Å². The Morgan fingerprint density at radius 1 is 0.406 bits per heavy atom. The van der Waals surface area contributed by atoms with Crippen molar-refractivity contribution in [1.29, 1.82) is 0 Å². The Morgan fingerprint density at radius 3 is 1.84 bits per heavy atom. The molecule has 0 atom stereocenters. The van der Waals surface area contributed by atoms with Crippen LogP contribution >= 0.6 is 0 Å². The van der Waals surface area contributed by atoms with Gasteiger partial charge in [-0.25, -0.2) is 0 Å². The molecular formula is C30H18N2. The fourth-order valence-corrected chi connectivity index (χ4v) is 5.84. The van der Waals surface area contributed by atoms with Gasteiger partial charge in [-0.3, -0.25) is 0 Å². The average molecular weight is 406 g/mol. The molecule has 1 N–H and O–H groups in total. The summed E-state index contributed by atoms with van der Waals surface area (Å²) in [5.41, 5.74) is 6.08. The number of nitrogens with zero attached hydrogens (tertiary/aromatic N) is 1. The van der Waals surface area contributed by atoms with Crippen molar-refractivity contribution in [2.24, 2.45) is 0 Å². The molecule has 2 heterocycles. The van der Waals surface area contributed by atoms with Gasteiger partial charge >= 0.3 is 0 Å². The molecule has 8 rings (SSSR count). The number of benzene rings is 5. The first-order valence-corrected chi connectivity index (χ1v) is 11.1. The van der Waals surface area contributed by atoms with E-state index in [0.717, 1.165) is 0 Å². The van der Waals surface area contributed by atoms with Gasteiger partial charge in [0.25, 0.3) is 0 Å². The van der Waals surface area contributed by atoms with Crippen molar-refractivity contribution >= 4 is 65.2 Å². The first-order valence-electron chi connectivity index (χ1n) is 11.1. The lowest BCUT2D eigenvalue weighted by molar-refractivity contribution is 1.18. The fourth-order valence-electron chi connectivity index (χ4n) is 5.84. The predicted octanol–water partition coefficient (Wildman–Crippen LogP) is 8.16. The van der Waals surface area contributed by atoms with Gasteiger partial charge < -0.3 is 9.55 Å². The molecule has 2 heteroatoms. The van der Waals surface area contributed by atoms with Gasteiger partial charge in [0, 0.05) is 38.3 Å². The van der Waals surface area contributed by atoms with E-state index >= 15 is 0 Å². The van der Waals surface area contributed by atoms with Gasteiger partial charge in [-0.15, -0.1) is 0 Å². The van der Waals surface area contributed by atoms with Gasteiger partial charge in [0.1, 0.15) is 0 Å². The van der Waals surface area contributed by atoms with Gasteiger partial charge in [-0.05, 0) is 57.9 Å². The highest BCUT2D eigenvalue weighted by atomic mass is 15.0. The number of nitrogens with one attached hydrogen (secondary N) is 1. The van der Waals surface area contributed by atoms with Crippen molar-refractivity contribution in [2.45, 2.75) is 0 Å². The van der Waals surface area contributed by atoms with Crippen molar-refractivity contribution in [3.05, 3.63) is 103 Å². The Kier molecular flexibility index (Phi) is 2.91. The second-order valence-electron chi connectivity index (χ2n) is 8.65. The molecule has 0 spiro atoms. The third kappa shape index (κ3) is 1.86. The molecule has 32 heavy (non-hydrogen) atoms. The van der Waals surface area contributed by atoms with Crippen LogP contribution in [0, 0.1) is 0 Å². The lowest BCUT2D eigenvalue weighted by Gasteiger charge is -2.07. The minimum absolute atomic E-state index is 1.19. The van der Waals surface area contributed by atoms with Crippen LogP contribution in [0.25, 0.3) is 70.8 Å². The number of hydrogen-bond donors (Lipinski definition) is 1. The third-order valence-corrected chi connectivity index (χ3v) is 7.06. The summed E-state index contributed by atoms with van der Waals surface area (Å²) < 4.78 is 2.42. The normalized spacial score (nSPS) is 12.4. The fraction of sp³-hybridized carbons (Fsp3) is 0. The maximum absolute atomic E-state index is 3.70. The molecule has 2 nitrogen and oxygen atoms in total. The van der Waals surface area contributed by atoms with E-state index in [0.29, 0.717) is 0 Å². The molecule has 0 fully saturated rings. The summed E-state index contributed by atoms with van der Waals surface area (Å²) >= 11 is 0. The number of H-pyrrole nitrogens is 1. The molecule has 0 amide bonds. The summed E-state index contributed by atoms with van der Waals surface area (Å²) in [7, 11) is 0. The maximum atomic E-state index is 3.70. The number of aromatic amines is 1. The average Bonchev–Trinajstić information content (AvgIpc) is 3.39. The SMILES string of the molecule is c1ccc(-n2c3cccc4c5ccccc5c5cccc6[nH]c7ccc2c(c7c65)c43)cc1. The monoisotopic (exact) mass is 406 g/mol. The molecule has 0 aliphatic carbocycles. The molecule has 0 bridgehead atoms. The third-order valence-electron chi connectivity index (χ3n) is 7.06. The molecule has 0 aliphatic heterocycles. The molecule has 0 unspecified atom stereocenters. The Labute approximate surface area is 183 Å². The molecule has 148 valence electrons. The van der Waals surface area contributed by atoms with E-state index in [1.165, 1.54) is 70.8 Å². The molecule has 8 aromatic rings. The molecule has 0 saturated carbocycles. The van der Waals surface area contributed by atoms with Crippen LogP contribution in [0.4, 0.5) is 0 Å². The smallest absolute Gasteiger partial charge is 0.0549 e. The zero-order valence-corrected chi connectivity index (χ0v) is 17.3. The zero-order chi connectivity index (χ0) is 20.8. The van der Waals surface area contributed by atoms with Crippen LogP contribution in [0.1, 0.15) is 0 Å². The van der Waals surface area contributed by atoms with Crippen molar-refractivity contribution in [2.75, 3.05) is 0 Å². The lowest BCUT2D eigenvalue weighted by atomic mass is 9.95. The minimum atomic E-state index is 1.19. The first kappa shape index (κ1) is 16.4. The van der Waals surface area contributed by atoms with E-state index in [2.05, 4.69) is 113 Å². The minimum Gasteiger partial charge on any atom is -0.354 e. The van der Waals surface area contributed by atoms with E-state index in [1.54, 1.807) is 0 Å². The highest BCUT2D eigenvalue weighted by Gasteiger charge is 2.21. The Hall–Kier alpha value is -4.30. The van der Waals surface area contributed by atoms with Crippen LogP contribution in [0.15, 0.2) is 103 Å². The van der Waals surface area contributed by atoms with Crippen LogP contribution in [0.5, 0.6) is 0 Å². The van der Waals surface area contributed by atoms with Crippen molar-refractivity contribution in [3.8, 4) is 5.69 Å². The summed E-state index contributed by atoms with van der Waals surface area (Å²) in [6.07, 6.45) is 0. The number of para-hydroxylation sites is 1. The number of rotatable bonds is 1. The van der Waals surface area contributed by atoms with Gasteiger partial charge in [-0.1, -0.05) is 66.7 Å². The highest BCUT2D eigenvalue weighted by Crippen LogP contribution is 2.45. The van der Waals surface area contributed by atoms with Gasteiger partial charge in [0.05, 0.1) is 11.0 Å². The lowest BCUT2D eigenvalue weighted by Crippen LogP contribution is -1.92. The quantitative estimate of drug-likeness (QED) is 0.284.